The highest BCUT2D eigenvalue weighted by molar-refractivity contribution is 5.76. The molecule has 0 spiro atoms. The van der Waals surface area contributed by atoms with E-state index in [0.717, 1.165) is 38.6 Å². The molecular formula is C17H34N2O2. The number of nitrogens with zero attached hydrogens (tertiary/aromatic N) is 1. The van der Waals surface area contributed by atoms with Crippen LogP contribution in [0.5, 0.6) is 0 Å². The van der Waals surface area contributed by atoms with Gasteiger partial charge in [-0.3, -0.25) is 4.79 Å². The van der Waals surface area contributed by atoms with E-state index < -0.39 is 0 Å². The van der Waals surface area contributed by atoms with Crippen molar-refractivity contribution in [1.82, 2.24) is 4.90 Å². The Morgan fingerprint density at radius 2 is 1.86 bits per heavy atom. The highest BCUT2D eigenvalue weighted by Crippen LogP contribution is 2.27. The van der Waals surface area contributed by atoms with Crippen LogP contribution in [0, 0.1) is 5.92 Å². The second-order valence-corrected chi connectivity index (χ2v) is 6.37. The lowest BCUT2D eigenvalue weighted by Gasteiger charge is -2.32. The summed E-state index contributed by atoms with van der Waals surface area (Å²) in [6.45, 7) is 5.66. The van der Waals surface area contributed by atoms with Gasteiger partial charge >= 0.3 is 0 Å². The van der Waals surface area contributed by atoms with Gasteiger partial charge in [0.2, 0.25) is 5.91 Å². The molecule has 21 heavy (non-hydrogen) atoms. The van der Waals surface area contributed by atoms with Crippen molar-refractivity contribution in [3.8, 4) is 0 Å². The average Bonchev–Trinajstić information content (AvgIpc) is 2.50. The zero-order valence-electron chi connectivity index (χ0n) is 14.1. The molecule has 0 aromatic carbocycles. The van der Waals surface area contributed by atoms with Gasteiger partial charge in [0, 0.05) is 32.2 Å². The fourth-order valence-electron chi connectivity index (χ4n) is 3.38. The van der Waals surface area contributed by atoms with Gasteiger partial charge in [-0.25, -0.2) is 0 Å². The summed E-state index contributed by atoms with van der Waals surface area (Å²) in [7, 11) is 1.70. The molecule has 0 unspecified atom stereocenters. The van der Waals surface area contributed by atoms with E-state index in [2.05, 4.69) is 13.8 Å². The number of amides is 1. The van der Waals surface area contributed by atoms with Crippen LogP contribution in [0.15, 0.2) is 0 Å². The first-order valence-corrected chi connectivity index (χ1v) is 8.66. The van der Waals surface area contributed by atoms with Gasteiger partial charge < -0.3 is 15.4 Å². The molecular weight excluding hydrogens is 264 g/mol. The Hall–Kier alpha value is -0.610. The summed E-state index contributed by atoms with van der Waals surface area (Å²) in [5.74, 6) is 0.996. The summed E-state index contributed by atoms with van der Waals surface area (Å²) in [4.78, 5) is 14.6. The van der Waals surface area contributed by atoms with Gasteiger partial charge in [-0.2, -0.15) is 0 Å². The Bertz CT molecular complexity index is 285. The molecule has 1 aliphatic carbocycles. The smallest absolute Gasteiger partial charge is 0.222 e. The summed E-state index contributed by atoms with van der Waals surface area (Å²) in [5, 5.41) is 0. The van der Waals surface area contributed by atoms with Crippen LogP contribution in [0.1, 0.15) is 65.2 Å². The Labute approximate surface area is 130 Å². The topological polar surface area (TPSA) is 55.6 Å². The first-order valence-electron chi connectivity index (χ1n) is 8.66. The molecule has 1 saturated carbocycles. The van der Waals surface area contributed by atoms with Crippen molar-refractivity contribution in [2.45, 2.75) is 77.3 Å². The fraction of sp³-hybridized carbons (Fsp3) is 0.941. The maximum atomic E-state index is 12.6. The first-order chi connectivity index (χ1) is 10.1. The van der Waals surface area contributed by atoms with Crippen molar-refractivity contribution in [3.05, 3.63) is 0 Å². The molecule has 0 heterocycles. The molecule has 0 radical (unpaired) electrons. The number of carbonyl (C=O) groups excluding carboxylic acids is 1. The molecule has 0 bridgehead atoms. The molecule has 4 heteroatoms. The van der Waals surface area contributed by atoms with Gasteiger partial charge in [0.25, 0.3) is 0 Å². The minimum atomic E-state index is 0.302. The number of hydrogen-bond donors (Lipinski definition) is 1. The van der Waals surface area contributed by atoms with Crippen LogP contribution in [-0.4, -0.2) is 43.2 Å². The van der Waals surface area contributed by atoms with Crippen LogP contribution in [0.2, 0.25) is 0 Å². The SMILES string of the molecule is CCC(CC)N(CCOC)C(=O)CCC1CCC(N)CC1. The Balaban J connectivity index is 2.43. The zero-order valence-corrected chi connectivity index (χ0v) is 14.1. The maximum Gasteiger partial charge on any atom is 0.222 e. The van der Waals surface area contributed by atoms with Gasteiger partial charge in [0.1, 0.15) is 0 Å². The summed E-state index contributed by atoms with van der Waals surface area (Å²) in [5.41, 5.74) is 5.94. The predicted octanol–water partition coefficient (Wildman–Crippen LogP) is 2.95. The third kappa shape index (κ3) is 6.35. The Kier molecular flexibility index (Phi) is 8.93. The van der Waals surface area contributed by atoms with Gasteiger partial charge in [-0.05, 0) is 50.9 Å². The van der Waals surface area contributed by atoms with E-state index in [9.17, 15) is 4.79 Å². The predicted molar refractivity (Wildman–Crippen MR) is 87.1 cm³/mol. The molecule has 1 fully saturated rings. The molecule has 1 aliphatic rings. The molecule has 124 valence electrons. The van der Waals surface area contributed by atoms with Gasteiger partial charge in [-0.15, -0.1) is 0 Å². The molecule has 4 nitrogen and oxygen atoms in total. The highest BCUT2D eigenvalue weighted by atomic mass is 16.5. The molecule has 0 aromatic heterocycles. The van der Waals surface area contributed by atoms with E-state index in [0.29, 0.717) is 36.9 Å². The highest BCUT2D eigenvalue weighted by Gasteiger charge is 2.23. The number of ether oxygens (including phenoxy) is 1. The number of nitrogens with two attached hydrogens (primary N) is 1. The number of hydrogen-bond acceptors (Lipinski definition) is 3. The summed E-state index contributed by atoms with van der Waals surface area (Å²) in [6.07, 6.45) is 8.37. The Morgan fingerprint density at radius 3 is 2.38 bits per heavy atom. The number of methoxy groups -OCH3 is 1. The lowest BCUT2D eigenvalue weighted by molar-refractivity contribution is -0.134. The fourth-order valence-corrected chi connectivity index (χ4v) is 3.38. The summed E-state index contributed by atoms with van der Waals surface area (Å²) < 4.78 is 5.16. The summed E-state index contributed by atoms with van der Waals surface area (Å²) >= 11 is 0. The van der Waals surface area contributed by atoms with E-state index in [-0.39, 0.29) is 0 Å². The lowest BCUT2D eigenvalue weighted by Crippen LogP contribution is -2.42. The second-order valence-electron chi connectivity index (χ2n) is 6.37. The quantitative estimate of drug-likeness (QED) is 0.712. The van der Waals surface area contributed by atoms with Crippen LogP contribution in [0.25, 0.3) is 0 Å². The molecule has 0 saturated heterocycles. The van der Waals surface area contributed by atoms with Crippen LogP contribution in [0.3, 0.4) is 0 Å². The third-order valence-corrected chi connectivity index (χ3v) is 4.90. The van der Waals surface area contributed by atoms with Crippen LogP contribution < -0.4 is 5.73 Å². The van der Waals surface area contributed by atoms with Crippen molar-refractivity contribution < 1.29 is 9.53 Å². The molecule has 0 aliphatic heterocycles. The molecule has 1 amide bonds. The maximum absolute atomic E-state index is 12.6. The monoisotopic (exact) mass is 298 g/mol. The van der Waals surface area contributed by atoms with Gasteiger partial charge in [0.15, 0.2) is 0 Å². The number of carbonyl (C=O) groups is 1. The minimum absolute atomic E-state index is 0.302. The van der Waals surface area contributed by atoms with Gasteiger partial charge in [0.05, 0.1) is 6.61 Å². The molecule has 2 N–H and O–H groups in total. The van der Waals surface area contributed by atoms with Gasteiger partial charge in [-0.1, -0.05) is 13.8 Å². The van der Waals surface area contributed by atoms with E-state index in [1.165, 1.54) is 12.8 Å². The third-order valence-electron chi connectivity index (χ3n) is 4.90. The zero-order chi connectivity index (χ0) is 15.7. The van der Waals surface area contributed by atoms with Crippen molar-refractivity contribution >= 4 is 5.91 Å². The molecule has 1 rings (SSSR count). The van der Waals surface area contributed by atoms with Crippen molar-refractivity contribution in [3.63, 3.8) is 0 Å². The molecule has 0 atom stereocenters. The van der Waals surface area contributed by atoms with E-state index in [1.54, 1.807) is 7.11 Å². The van der Waals surface area contributed by atoms with Crippen molar-refractivity contribution in [2.24, 2.45) is 11.7 Å². The van der Waals surface area contributed by atoms with E-state index >= 15 is 0 Å². The second kappa shape index (κ2) is 10.2. The minimum Gasteiger partial charge on any atom is -0.383 e. The normalized spacial score (nSPS) is 22.5. The largest absolute Gasteiger partial charge is 0.383 e. The summed E-state index contributed by atoms with van der Waals surface area (Å²) in [6, 6.07) is 0.743. The van der Waals surface area contributed by atoms with E-state index in [4.69, 9.17) is 10.5 Å². The number of rotatable bonds is 9. The molecule has 0 aromatic rings. The van der Waals surface area contributed by atoms with Crippen molar-refractivity contribution in [2.75, 3.05) is 20.3 Å². The first kappa shape index (κ1) is 18.4. The average molecular weight is 298 g/mol. The Morgan fingerprint density at radius 1 is 1.24 bits per heavy atom. The standard InChI is InChI=1S/C17H34N2O2/c1-4-16(5-2)19(12-13-21-3)17(20)11-8-14-6-9-15(18)10-7-14/h14-16H,4-13,18H2,1-3H3. The van der Waals surface area contributed by atoms with E-state index in [1.807, 2.05) is 4.90 Å². The lowest BCUT2D eigenvalue weighted by atomic mass is 9.83. The van der Waals surface area contributed by atoms with Crippen LogP contribution in [0.4, 0.5) is 0 Å². The van der Waals surface area contributed by atoms with Crippen molar-refractivity contribution in [1.29, 1.82) is 0 Å². The van der Waals surface area contributed by atoms with Crippen LogP contribution >= 0.6 is 0 Å². The van der Waals surface area contributed by atoms with Crippen LogP contribution in [-0.2, 0) is 9.53 Å².